The highest BCUT2D eigenvalue weighted by atomic mass is 16.5. The summed E-state index contributed by atoms with van der Waals surface area (Å²) in [6.07, 6.45) is 9.38. The van der Waals surface area contributed by atoms with Crippen LogP contribution < -0.4 is 10.6 Å². The van der Waals surface area contributed by atoms with Gasteiger partial charge in [0.1, 0.15) is 0 Å². The Morgan fingerprint density at radius 1 is 1.03 bits per heavy atom. The van der Waals surface area contributed by atoms with Crippen LogP contribution in [0.2, 0.25) is 0 Å². The largest absolute Gasteiger partial charge is 0.478 e. The lowest BCUT2D eigenvalue weighted by Crippen LogP contribution is -2.35. The van der Waals surface area contributed by atoms with E-state index in [2.05, 4.69) is 17.6 Å². The predicted octanol–water partition coefficient (Wildman–Crippen LogP) is 4.21. The summed E-state index contributed by atoms with van der Waals surface area (Å²) in [6.45, 7) is 4.35. The first-order valence-electron chi connectivity index (χ1n) is 12.1. The van der Waals surface area contributed by atoms with Crippen molar-refractivity contribution in [3.05, 3.63) is 64.0 Å². The van der Waals surface area contributed by atoms with Crippen LogP contribution in [0.5, 0.6) is 0 Å². The number of hydrogen-bond donors (Lipinski definition) is 4. The van der Waals surface area contributed by atoms with Gasteiger partial charge < -0.3 is 25.6 Å². The van der Waals surface area contributed by atoms with Gasteiger partial charge in [-0.3, -0.25) is 0 Å². The molecule has 1 aliphatic rings. The molecular weight excluding hydrogens is 448 g/mol. The maximum Gasteiger partial charge on any atom is 0.334 e. The lowest BCUT2D eigenvalue weighted by Gasteiger charge is -2.30. The number of dihydropyridines is 1. The maximum absolute atomic E-state index is 12.3. The molecule has 8 nitrogen and oxygen atoms in total. The van der Waals surface area contributed by atoms with E-state index >= 15 is 0 Å². The number of aliphatic carboxylic acids is 2. The van der Waals surface area contributed by atoms with Crippen LogP contribution in [0, 0.1) is 0 Å². The van der Waals surface area contributed by atoms with Crippen LogP contribution in [0.4, 0.5) is 0 Å². The van der Waals surface area contributed by atoms with E-state index in [1.165, 1.54) is 25.3 Å². The Morgan fingerprint density at radius 3 is 2.34 bits per heavy atom. The molecule has 0 amide bonds. The molecule has 0 aromatic heterocycles. The van der Waals surface area contributed by atoms with Crippen molar-refractivity contribution in [1.82, 2.24) is 10.6 Å². The zero-order valence-corrected chi connectivity index (χ0v) is 20.7. The molecule has 0 spiro atoms. The number of carbonyl (C=O) groups excluding carboxylic acids is 1. The SMILES string of the molecule is CCCCCCCCOC(=O)/C=C/c1ccccc1C1C(C(=O)O)=C(C)NC(CNC)=C1C(=O)O. The monoisotopic (exact) mass is 484 g/mol. The Morgan fingerprint density at radius 2 is 1.69 bits per heavy atom. The molecule has 35 heavy (non-hydrogen) atoms. The molecule has 0 fully saturated rings. The van der Waals surface area contributed by atoms with Crippen molar-refractivity contribution in [2.75, 3.05) is 20.2 Å². The van der Waals surface area contributed by atoms with Gasteiger partial charge in [0.05, 0.1) is 23.7 Å². The third kappa shape index (κ3) is 7.82. The average molecular weight is 485 g/mol. The zero-order chi connectivity index (χ0) is 25.8. The lowest BCUT2D eigenvalue weighted by atomic mass is 9.78. The summed E-state index contributed by atoms with van der Waals surface area (Å²) in [6, 6.07) is 6.88. The number of likely N-dealkylation sites (N-methyl/N-ethyl adjacent to an activating group) is 1. The summed E-state index contributed by atoms with van der Waals surface area (Å²) >= 11 is 0. The standard InChI is InChI=1S/C27H36N2O6/c1-4-5-6-7-8-11-16-35-22(30)15-14-19-12-9-10-13-20(19)24-23(26(31)32)18(2)29-21(17-28-3)25(24)27(33)34/h9-10,12-15,24,28-29H,4-8,11,16-17H2,1-3H3,(H,31,32)(H,33,34)/b15-14+. The topological polar surface area (TPSA) is 125 Å². The van der Waals surface area contributed by atoms with Crippen molar-refractivity contribution in [3.63, 3.8) is 0 Å². The van der Waals surface area contributed by atoms with Gasteiger partial charge in [0, 0.05) is 24.0 Å². The summed E-state index contributed by atoms with van der Waals surface area (Å²) in [5.41, 5.74) is 1.70. The van der Waals surface area contributed by atoms with E-state index < -0.39 is 23.8 Å². The normalized spacial score (nSPS) is 15.9. The summed E-state index contributed by atoms with van der Waals surface area (Å²) in [4.78, 5) is 36.7. The van der Waals surface area contributed by atoms with Crippen LogP contribution >= 0.6 is 0 Å². The first-order valence-corrected chi connectivity index (χ1v) is 12.1. The number of carbonyl (C=O) groups is 3. The second kappa shape index (κ2) is 14.1. The number of hydrogen-bond acceptors (Lipinski definition) is 6. The predicted molar refractivity (Wildman–Crippen MR) is 135 cm³/mol. The van der Waals surface area contributed by atoms with E-state index in [-0.39, 0.29) is 17.7 Å². The number of carboxylic acid groups (broad SMARTS) is 2. The molecule has 1 unspecified atom stereocenters. The third-order valence-corrected chi connectivity index (χ3v) is 5.91. The van der Waals surface area contributed by atoms with E-state index in [9.17, 15) is 24.6 Å². The zero-order valence-electron chi connectivity index (χ0n) is 20.7. The molecule has 0 saturated carbocycles. The smallest absolute Gasteiger partial charge is 0.334 e. The molecule has 2 rings (SSSR count). The van der Waals surface area contributed by atoms with Crippen LogP contribution in [0.3, 0.4) is 0 Å². The highest BCUT2D eigenvalue weighted by Gasteiger charge is 2.38. The van der Waals surface area contributed by atoms with Gasteiger partial charge in [-0.15, -0.1) is 0 Å². The third-order valence-electron chi connectivity index (χ3n) is 5.91. The Hall–Kier alpha value is -3.39. The summed E-state index contributed by atoms with van der Waals surface area (Å²) in [5.74, 6) is -3.93. The van der Waals surface area contributed by atoms with Crippen LogP contribution in [-0.4, -0.2) is 48.3 Å². The van der Waals surface area contributed by atoms with Gasteiger partial charge >= 0.3 is 17.9 Å². The number of carboxylic acids is 2. The number of unbranched alkanes of at least 4 members (excludes halogenated alkanes) is 5. The Kier molecular flexibility index (Phi) is 11.2. The average Bonchev–Trinajstić information content (AvgIpc) is 2.81. The molecule has 1 heterocycles. The van der Waals surface area contributed by atoms with Gasteiger partial charge in [-0.2, -0.15) is 0 Å². The quantitative estimate of drug-likeness (QED) is 0.176. The van der Waals surface area contributed by atoms with Crippen molar-refractivity contribution < 1.29 is 29.3 Å². The molecule has 1 atom stereocenters. The summed E-state index contributed by atoms with van der Waals surface area (Å²) in [7, 11) is 1.68. The molecule has 190 valence electrons. The minimum absolute atomic E-state index is 0.0474. The molecule has 1 aliphatic heterocycles. The van der Waals surface area contributed by atoms with Crippen LogP contribution in [0.1, 0.15) is 69.4 Å². The molecule has 1 aromatic carbocycles. The van der Waals surface area contributed by atoms with E-state index in [0.29, 0.717) is 29.1 Å². The molecule has 8 heteroatoms. The van der Waals surface area contributed by atoms with Crippen molar-refractivity contribution in [1.29, 1.82) is 0 Å². The van der Waals surface area contributed by atoms with Gasteiger partial charge in [0.2, 0.25) is 0 Å². The Balaban J connectivity index is 2.28. The minimum atomic E-state index is -1.21. The minimum Gasteiger partial charge on any atom is -0.478 e. The second-order valence-corrected chi connectivity index (χ2v) is 8.53. The Labute approximate surface area is 206 Å². The highest BCUT2D eigenvalue weighted by molar-refractivity contribution is 5.99. The number of rotatable bonds is 14. The number of ether oxygens (including phenoxy) is 1. The molecule has 4 N–H and O–H groups in total. The fourth-order valence-corrected chi connectivity index (χ4v) is 4.25. The van der Waals surface area contributed by atoms with Gasteiger partial charge in [0.25, 0.3) is 0 Å². The van der Waals surface area contributed by atoms with Crippen molar-refractivity contribution >= 4 is 24.0 Å². The summed E-state index contributed by atoms with van der Waals surface area (Å²) < 4.78 is 5.29. The van der Waals surface area contributed by atoms with Gasteiger partial charge in [-0.05, 0) is 37.6 Å². The number of allylic oxidation sites excluding steroid dienone is 1. The molecule has 1 aromatic rings. The molecule has 0 aliphatic carbocycles. The van der Waals surface area contributed by atoms with E-state index in [4.69, 9.17) is 4.74 Å². The summed E-state index contributed by atoms with van der Waals surface area (Å²) in [5, 5.41) is 25.8. The van der Waals surface area contributed by atoms with Gasteiger partial charge in [-0.1, -0.05) is 63.3 Å². The highest BCUT2D eigenvalue weighted by Crippen LogP contribution is 2.40. The molecule has 0 bridgehead atoms. The van der Waals surface area contributed by atoms with Crippen LogP contribution in [0.25, 0.3) is 6.08 Å². The van der Waals surface area contributed by atoms with Crippen LogP contribution in [0.15, 0.2) is 52.9 Å². The maximum atomic E-state index is 12.3. The number of esters is 1. The second-order valence-electron chi connectivity index (χ2n) is 8.53. The van der Waals surface area contributed by atoms with Crippen molar-refractivity contribution in [2.24, 2.45) is 0 Å². The van der Waals surface area contributed by atoms with Crippen molar-refractivity contribution in [3.8, 4) is 0 Å². The van der Waals surface area contributed by atoms with Gasteiger partial charge in [0.15, 0.2) is 0 Å². The van der Waals surface area contributed by atoms with E-state index in [0.717, 1.165) is 19.3 Å². The number of nitrogens with one attached hydrogen (secondary N) is 2. The Bertz CT molecular complexity index is 1010. The van der Waals surface area contributed by atoms with E-state index in [1.54, 1.807) is 44.3 Å². The first kappa shape index (κ1) is 27.9. The molecule has 0 saturated heterocycles. The van der Waals surface area contributed by atoms with Gasteiger partial charge in [-0.25, -0.2) is 14.4 Å². The molecular formula is C27H36N2O6. The number of benzene rings is 1. The fraction of sp³-hybridized carbons (Fsp3) is 0.444. The fourth-order valence-electron chi connectivity index (χ4n) is 4.25. The van der Waals surface area contributed by atoms with E-state index in [1.807, 2.05) is 0 Å². The first-order chi connectivity index (χ1) is 16.8. The van der Waals surface area contributed by atoms with Crippen LogP contribution in [-0.2, 0) is 19.1 Å². The molecule has 0 radical (unpaired) electrons. The lowest BCUT2D eigenvalue weighted by molar-refractivity contribution is -0.138. The van der Waals surface area contributed by atoms with Crippen molar-refractivity contribution in [2.45, 2.75) is 58.3 Å².